The molecular weight excluding hydrogens is 408 g/mol. The van der Waals surface area contributed by atoms with Crippen LogP contribution in [0.15, 0.2) is 0 Å². The van der Waals surface area contributed by atoms with Crippen LogP contribution in [0.3, 0.4) is 0 Å². The summed E-state index contributed by atoms with van der Waals surface area (Å²) < 4.78 is 4.58. The molecule has 0 amide bonds. The van der Waals surface area contributed by atoms with Crippen LogP contribution in [0.4, 0.5) is 0 Å². The average molecular weight is 463 g/mol. The number of hydrogen-bond donors (Lipinski definition) is 0. The van der Waals surface area contributed by atoms with E-state index in [0.717, 1.165) is 19.3 Å². The van der Waals surface area contributed by atoms with E-state index >= 15 is 0 Å². The van der Waals surface area contributed by atoms with Gasteiger partial charge in [0.1, 0.15) is 0 Å². The van der Waals surface area contributed by atoms with E-state index < -0.39 is 0 Å². The molecule has 0 aliphatic rings. The van der Waals surface area contributed by atoms with E-state index in [0.29, 0.717) is 12.8 Å². The first kappa shape index (κ1) is 35.0. The summed E-state index contributed by atoms with van der Waals surface area (Å²) in [5, 5.41) is -0.187. The average Bonchev–Trinajstić information content (AvgIpc) is 2.78. The SMILES string of the molecule is CC.CCCCCCCCCCCC(=O)Cl.CCCCCCCCCCCC(=O)OC. The third-order valence-corrected chi connectivity index (χ3v) is 5.38. The van der Waals surface area contributed by atoms with Gasteiger partial charge in [0.05, 0.1) is 7.11 Å². The van der Waals surface area contributed by atoms with Crippen LogP contribution < -0.4 is 0 Å². The zero-order chi connectivity index (χ0) is 24.0. The van der Waals surface area contributed by atoms with E-state index in [1.165, 1.54) is 103 Å². The Balaban J connectivity index is -0.000000469. The quantitative estimate of drug-likeness (QED) is 0.103. The first-order valence-electron chi connectivity index (χ1n) is 13.3. The van der Waals surface area contributed by atoms with Crippen LogP contribution in [0.25, 0.3) is 0 Å². The van der Waals surface area contributed by atoms with Gasteiger partial charge in [0.2, 0.25) is 5.24 Å². The summed E-state index contributed by atoms with van der Waals surface area (Å²) in [7, 11) is 1.45. The fourth-order valence-electron chi connectivity index (χ4n) is 3.26. The summed E-state index contributed by atoms with van der Waals surface area (Å²) in [6, 6.07) is 0. The molecule has 31 heavy (non-hydrogen) atoms. The molecule has 0 unspecified atom stereocenters. The lowest BCUT2D eigenvalue weighted by atomic mass is 10.1. The Hall–Kier alpha value is -0.570. The maximum absolute atomic E-state index is 10.8. The minimum atomic E-state index is -0.187. The highest BCUT2D eigenvalue weighted by molar-refractivity contribution is 6.63. The lowest BCUT2D eigenvalue weighted by Gasteiger charge is -2.01. The third-order valence-electron chi connectivity index (χ3n) is 5.19. The van der Waals surface area contributed by atoms with Crippen molar-refractivity contribution in [3.63, 3.8) is 0 Å². The molecule has 0 spiro atoms. The number of carbonyl (C=O) groups excluding carboxylic acids is 2. The van der Waals surface area contributed by atoms with E-state index in [-0.39, 0.29) is 11.2 Å². The van der Waals surface area contributed by atoms with Crippen LogP contribution >= 0.6 is 11.6 Å². The van der Waals surface area contributed by atoms with Crippen molar-refractivity contribution in [2.24, 2.45) is 0 Å². The molecule has 0 aromatic carbocycles. The minimum Gasteiger partial charge on any atom is -0.469 e. The number of halogens is 1. The highest BCUT2D eigenvalue weighted by Crippen LogP contribution is 2.11. The van der Waals surface area contributed by atoms with Crippen LogP contribution in [0, 0.1) is 0 Å². The number of ether oxygens (including phenoxy) is 1. The Bertz CT molecular complexity index is 345. The van der Waals surface area contributed by atoms with Gasteiger partial charge in [-0.05, 0) is 24.4 Å². The lowest BCUT2D eigenvalue weighted by Crippen LogP contribution is -1.99. The van der Waals surface area contributed by atoms with Gasteiger partial charge in [-0.2, -0.15) is 0 Å². The van der Waals surface area contributed by atoms with Crippen molar-refractivity contribution in [3.8, 4) is 0 Å². The van der Waals surface area contributed by atoms with E-state index in [4.69, 9.17) is 11.6 Å². The van der Waals surface area contributed by atoms with Crippen molar-refractivity contribution in [2.45, 2.75) is 156 Å². The number of hydrogen-bond acceptors (Lipinski definition) is 3. The Morgan fingerprint density at radius 3 is 1.13 bits per heavy atom. The first-order chi connectivity index (χ1) is 15.1. The summed E-state index contributed by atoms with van der Waals surface area (Å²) in [5.74, 6) is -0.0713. The fourth-order valence-corrected chi connectivity index (χ4v) is 3.39. The second-order valence-corrected chi connectivity index (χ2v) is 8.51. The molecule has 0 saturated heterocycles. The Kier molecular flexibility index (Phi) is 38.5. The fraction of sp³-hybridized carbons (Fsp3) is 0.926. The van der Waals surface area contributed by atoms with Crippen LogP contribution in [-0.2, 0) is 14.3 Å². The molecule has 3 nitrogen and oxygen atoms in total. The second-order valence-electron chi connectivity index (χ2n) is 8.09. The molecule has 0 aromatic heterocycles. The largest absolute Gasteiger partial charge is 0.469 e. The van der Waals surface area contributed by atoms with Gasteiger partial charge >= 0.3 is 5.97 Å². The summed E-state index contributed by atoms with van der Waals surface area (Å²) in [6.45, 7) is 8.48. The predicted molar refractivity (Wildman–Crippen MR) is 138 cm³/mol. The van der Waals surface area contributed by atoms with Gasteiger partial charge in [-0.15, -0.1) is 0 Å². The molecular formula is C27H55ClO3. The lowest BCUT2D eigenvalue weighted by molar-refractivity contribution is -0.140. The van der Waals surface area contributed by atoms with Gasteiger partial charge in [0.15, 0.2) is 0 Å². The predicted octanol–water partition coefficient (Wildman–Crippen LogP) is 9.78. The normalized spacial score (nSPS) is 9.87. The summed E-state index contributed by atoms with van der Waals surface area (Å²) >= 11 is 5.24. The molecule has 0 heterocycles. The van der Waals surface area contributed by atoms with Crippen molar-refractivity contribution in [3.05, 3.63) is 0 Å². The zero-order valence-electron chi connectivity index (χ0n) is 21.7. The first-order valence-corrected chi connectivity index (χ1v) is 13.7. The molecule has 4 heteroatoms. The Morgan fingerprint density at radius 2 is 0.839 bits per heavy atom. The molecule has 0 bridgehead atoms. The van der Waals surface area contributed by atoms with Gasteiger partial charge in [0, 0.05) is 12.8 Å². The van der Waals surface area contributed by atoms with Gasteiger partial charge in [-0.3, -0.25) is 9.59 Å². The molecule has 0 rings (SSSR count). The van der Waals surface area contributed by atoms with Gasteiger partial charge in [-0.25, -0.2) is 0 Å². The molecule has 0 N–H and O–H groups in total. The summed E-state index contributed by atoms with van der Waals surface area (Å²) in [6.07, 6.45) is 24.2. The molecule has 0 aliphatic carbocycles. The Morgan fingerprint density at radius 1 is 0.548 bits per heavy atom. The molecule has 0 fully saturated rings. The standard InChI is InChI=1S/C13H26O2.C12H23ClO.C2H6/c1-3-4-5-6-7-8-9-10-11-12-13(14)15-2;1-2-3-4-5-6-7-8-9-10-11-12(13)14;1-2/h3-12H2,1-2H3;2-11H2,1H3;1-2H3. The van der Waals surface area contributed by atoms with Crippen LogP contribution in [0.1, 0.15) is 156 Å². The van der Waals surface area contributed by atoms with Crippen LogP contribution in [0.5, 0.6) is 0 Å². The van der Waals surface area contributed by atoms with Gasteiger partial charge < -0.3 is 4.74 Å². The number of unbranched alkanes of at least 4 members (excludes halogenated alkanes) is 16. The Labute approximate surface area is 200 Å². The van der Waals surface area contributed by atoms with Crippen LogP contribution in [0.2, 0.25) is 0 Å². The molecule has 0 saturated carbocycles. The summed E-state index contributed by atoms with van der Waals surface area (Å²) in [5.41, 5.74) is 0. The van der Waals surface area contributed by atoms with E-state index in [1.807, 2.05) is 13.8 Å². The number of methoxy groups -OCH3 is 1. The number of esters is 1. The minimum absolute atomic E-state index is 0.0713. The van der Waals surface area contributed by atoms with Crippen molar-refractivity contribution < 1.29 is 14.3 Å². The molecule has 0 aromatic rings. The van der Waals surface area contributed by atoms with Crippen molar-refractivity contribution in [1.29, 1.82) is 0 Å². The van der Waals surface area contributed by atoms with Crippen molar-refractivity contribution in [1.82, 2.24) is 0 Å². The van der Waals surface area contributed by atoms with Crippen molar-refractivity contribution in [2.75, 3.05) is 7.11 Å². The molecule has 0 aliphatic heterocycles. The van der Waals surface area contributed by atoms with Crippen molar-refractivity contribution >= 4 is 22.8 Å². The highest BCUT2D eigenvalue weighted by atomic mass is 35.5. The zero-order valence-corrected chi connectivity index (χ0v) is 22.5. The maximum Gasteiger partial charge on any atom is 0.305 e. The van der Waals surface area contributed by atoms with E-state index in [2.05, 4.69) is 18.6 Å². The highest BCUT2D eigenvalue weighted by Gasteiger charge is 1.99. The molecule has 0 atom stereocenters. The van der Waals surface area contributed by atoms with E-state index in [1.54, 1.807) is 0 Å². The number of rotatable bonds is 20. The smallest absolute Gasteiger partial charge is 0.305 e. The van der Waals surface area contributed by atoms with E-state index in [9.17, 15) is 9.59 Å². The van der Waals surface area contributed by atoms with Crippen LogP contribution in [-0.4, -0.2) is 18.3 Å². The number of carbonyl (C=O) groups is 2. The topological polar surface area (TPSA) is 43.4 Å². The third kappa shape index (κ3) is 40.3. The monoisotopic (exact) mass is 462 g/mol. The summed E-state index contributed by atoms with van der Waals surface area (Å²) in [4.78, 5) is 21.2. The maximum atomic E-state index is 10.8. The second kappa shape index (κ2) is 34.1. The molecule has 0 radical (unpaired) electrons. The molecule has 188 valence electrons. The van der Waals surface area contributed by atoms with Gasteiger partial charge in [0.25, 0.3) is 0 Å². The van der Waals surface area contributed by atoms with Gasteiger partial charge in [-0.1, -0.05) is 130 Å².